The lowest BCUT2D eigenvalue weighted by atomic mass is 10.1. The second-order valence-corrected chi connectivity index (χ2v) is 7.64. The van der Waals surface area contributed by atoms with E-state index in [-0.39, 0.29) is 11.1 Å². The van der Waals surface area contributed by atoms with Gasteiger partial charge in [0.15, 0.2) is 0 Å². The van der Waals surface area contributed by atoms with E-state index in [1.54, 1.807) is 0 Å². The summed E-state index contributed by atoms with van der Waals surface area (Å²) in [7, 11) is 2.01. The molecule has 136 valence electrons. The van der Waals surface area contributed by atoms with Crippen LogP contribution in [0.15, 0.2) is 59.5 Å². The van der Waals surface area contributed by atoms with Crippen molar-refractivity contribution in [2.24, 2.45) is 7.05 Å². The van der Waals surface area contributed by atoms with E-state index >= 15 is 0 Å². The number of aromatic nitrogens is 1. The van der Waals surface area contributed by atoms with Crippen LogP contribution in [0, 0.1) is 6.92 Å². The van der Waals surface area contributed by atoms with Crippen molar-refractivity contribution >= 4 is 39.9 Å². The zero-order valence-electron chi connectivity index (χ0n) is 15.3. The maximum Gasteiger partial charge on any atom is 0.293 e. The van der Waals surface area contributed by atoms with E-state index in [0.29, 0.717) is 17.9 Å². The van der Waals surface area contributed by atoms with Gasteiger partial charge in [-0.2, -0.15) is 0 Å². The van der Waals surface area contributed by atoms with Gasteiger partial charge in [0.05, 0.1) is 4.91 Å². The Bertz CT molecular complexity index is 1070. The molecule has 4 rings (SSSR count). The van der Waals surface area contributed by atoms with Crippen LogP contribution in [0.2, 0.25) is 0 Å². The summed E-state index contributed by atoms with van der Waals surface area (Å²) in [6.45, 7) is 2.44. The molecule has 1 saturated heterocycles. The third-order valence-corrected chi connectivity index (χ3v) is 5.97. The highest BCUT2D eigenvalue weighted by Crippen LogP contribution is 2.35. The van der Waals surface area contributed by atoms with E-state index in [9.17, 15) is 9.59 Å². The molecule has 1 aromatic heterocycles. The third kappa shape index (κ3) is 3.19. The first-order valence-corrected chi connectivity index (χ1v) is 9.71. The largest absolute Gasteiger partial charge is 0.347 e. The van der Waals surface area contributed by atoms with Crippen molar-refractivity contribution in [3.05, 3.63) is 76.3 Å². The lowest BCUT2D eigenvalue weighted by Gasteiger charge is -2.12. The summed E-state index contributed by atoms with van der Waals surface area (Å²) in [5, 5.41) is 0.897. The fourth-order valence-electron chi connectivity index (χ4n) is 3.44. The van der Waals surface area contributed by atoms with Crippen LogP contribution in [-0.4, -0.2) is 27.2 Å². The molecule has 0 aliphatic carbocycles. The van der Waals surface area contributed by atoms with Crippen LogP contribution in [0.25, 0.3) is 17.0 Å². The number of fused-ring (bicyclic) bond motifs is 1. The van der Waals surface area contributed by atoms with Gasteiger partial charge >= 0.3 is 0 Å². The minimum atomic E-state index is -0.201. The second-order valence-electron chi connectivity index (χ2n) is 6.64. The van der Waals surface area contributed by atoms with Crippen molar-refractivity contribution in [2.75, 3.05) is 6.54 Å². The predicted octanol–water partition coefficient (Wildman–Crippen LogP) is 4.77. The van der Waals surface area contributed by atoms with Gasteiger partial charge in [-0.25, -0.2) is 0 Å². The van der Waals surface area contributed by atoms with Gasteiger partial charge in [-0.3, -0.25) is 14.5 Å². The van der Waals surface area contributed by atoms with Crippen molar-refractivity contribution in [3.63, 3.8) is 0 Å². The first kappa shape index (κ1) is 17.6. The van der Waals surface area contributed by atoms with Crippen LogP contribution < -0.4 is 0 Å². The van der Waals surface area contributed by atoms with Crippen molar-refractivity contribution in [2.45, 2.75) is 13.3 Å². The summed E-state index contributed by atoms with van der Waals surface area (Å²) < 4.78 is 2.11. The van der Waals surface area contributed by atoms with E-state index in [4.69, 9.17) is 0 Å². The van der Waals surface area contributed by atoms with E-state index in [1.807, 2.05) is 68.6 Å². The molecule has 0 radical (unpaired) electrons. The molecule has 4 nitrogen and oxygen atoms in total. The molecular formula is C22H20N2O2S. The summed E-state index contributed by atoms with van der Waals surface area (Å²) in [6, 6.07) is 18.0. The van der Waals surface area contributed by atoms with Gasteiger partial charge < -0.3 is 4.57 Å². The number of thioether (sulfide) groups is 1. The van der Waals surface area contributed by atoms with Gasteiger partial charge in [-0.15, -0.1) is 0 Å². The number of nitrogens with zero attached hydrogens (tertiary/aromatic N) is 2. The van der Waals surface area contributed by atoms with Gasteiger partial charge in [0.1, 0.15) is 0 Å². The quantitative estimate of drug-likeness (QED) is 0.616. The second kappa shape index (κ2) is 7.08. The lowest BCUT2D eigenvalue weighted by molar-refractivity contribution is -0.122. The summed E-state index contributed by atoms with van der Waals surface area (Å²) in [5.41, 5.74) is 4.31. The van der Waals surface area contributed by atoms with Gasteiger partial charge in [0, 0.05) is 35.8 Å². The van der Waals surface area contributed by atoms with Gasteiger partial charge in [0.2, 0.25) is 0 Å². The number of imide groups is 1. The van der Waals surface area contributed by atoms with Gasteiger partial charge in [-0.05, 0) is 42.8 Å². The average Bonchev–Trinajstić information content (AvgIpc) is 3.09. The fraction of sp³-hybridized carbons (Fsp3) is 0.182. The third-order valence-electron chi connectivity index (χ3n) is 5.06. The van der Waals surface area contributed by atoms with Crippen LogP contribution in [0.4, 0.5) is 4.79 Å². The number of carbonyl (C=O) groups is 2. The molecule has 0 saturated carbocycles. The standard InChI is InChI=1S/C22H20N2O2S/c1-15-18(17-10-6-7-11-19(17)23(15)2)14-20-21(25)24(22(26)27-20)13-12-16-8-4-3-5-9-16/h3-11,14H,12-13H2,1-2H3/b20-14-. The minimum Gasteiger partial charge on any atom is -0.347 e. The lowest BCUT2D eigenvalue weighted by Crippen LogP contribution is -2.30. The number of hydrogen-bond acceptors (Lipinski definition) is 3. The molecule has 5 heteroatoms. The SMILES string of the molecule is Cc1c(/C=C2\SC(=O)N(CCc3ccccc3)C2=O)c2ccccc2n1C. The Morgan fingerprint density at radius 2 is 1.70 bits per heavy atom. The number of carbonyl (C=O) groups excluding carboxylic acids is 2. The van der Waals surface area contributed by atoms with Gasteiger partial charge in [-0.1, -0.05) is 48.5 Å². The number of amides is 2. The molecule has 0 spiro atoms. The Kier molecular flexibility index (Phi) is 4.62. The molecule has 2 amide bonds. The highest BCUT2D eigenvalue weighted by atomic mass is 32.2. The molecular weight excluding hydrogens is 356 g/mol. The Balaban J connectivity index is 1.61. The number of aryl methyl sites for hydroxylation is 1. The first-order chi connectivity index (χ1) is 13.1. The molecule has 2 aromatic carbocycles. The maximum atomic E-state index is 12.8. The zero-order valence-corrected chi connectivity index (χ0v) is 16.1. The predicted molar refractivity (Wildman–Crippen MR) is 110 cm³/mol. The monoisotopic (exact) mass is 376 g/mol. The van der Waals surface area contributed by atoms with Crippen LogP contribution in [-0.2, 0) is 18.3 Å². The van der Waals surface area contributed by atoms with E-state index in [2.05, 4.69) is 10.6 Å². The molecule has 0 unspecified atom stereocenters. The zero-order chi connectivity index (χ0) is 19.0. The average molecular weight is 376 g/mol. The number of para-hydroxylation sites is 1. The van der Waals surface area contributed by atoms with Crippen molar-refractivity contribution < 1.29 is 9.59 Å². The number of benzene rings is 2. The van der Waals surface area contributed by atoms with Crippen molar-refractivity contribution in [1.29, 1.82) is 0 Å². The molecule has 3 aromatic rings. The molecule has 0 atom stereocenters. The fourth-order valence-corrected chi connectivity index (χ4v) is 4.29. The summed E-state index contributed by atoms with van der Waals surface area (Å²) in [5.74, 6) is -0.201. The number of hydrogen-bond donors (Lipinski definition) is 0. The first-order valence-electron chi connectivity index (χ1n) is 8.89. The van der Waals surface area contributed by atoms with Crippen LogP contribution in [0.5, 0.6) is 0 Å². The van der Waals surface area contributed by atoms with Crippen LogP contribution >= 0.6 is 11.8 Å². The maximum absolute atomic E-state index is 12.8. The molecule has 1 aliphatic heterocycles. The minimum absolute atomic E-state index is 0.194. The van der Waals surface area contributed by atoms with E-state index < -0.39 is 0 Å². The van der Waals surface area contributed by atoms with Crippen molar-refractivity contribution in [3.8, 4) is 0 Å². The molecule has 2 heterocycles. The highest BCUT2D eigenvalue weighted by Gasteiger charge is 2.35. The Morgan fingerprint density at radius 3 is 2.48 bits per heavy atom. The van der Waals surface area contributed by atoms with E-state index in [1.165, 1.54) is 4.90 Å². The Morgan fingerprint density at radius 1 is 1.00 bits per heavy atom. The van der Waals surface area contributed by atoms with Gasteiger partial charge in [0.25, 0.3) is 11.1 Å². The topological polar surface area (TPSA) is 42.3 Å². The molecule has 1 fully saturated rings. The molecule has 0 N–H and O–H groups in total. The van der Waals surface area contributed by atoms with Crippen LogP contribution in [0.3, 0.4) is 0 Å². The Labute approximate surface area is 162 Å². The van der Waals surface area contributed by atoms with Crippen LogP contribution in [0.1, 0.15) is 16.8 Å². The Hall–Kier alpha value is -2.79. The smallest absolute Gasteiger partial charge is 0.293 e. The highest BCUT2D eigenvalue weighted by molar-refractivity contribution is 8.18. The summed E-state index contributed by atoms with van der Waals surface area (Å²) >= 11 is 1.03. The summed E-state index contributed by atoms with van der Waals surface area (Å²) in [6.07, 6.45) is 2.53. The van der Waals surface area contributed by atoms with E-state index in [0.717, 1.165) is 39.5 Å². The normalized spacial score (nSPS) is 16.1. The van der Waals surface area contributed by atoms with Crippen molar-refractivity contribution in [1.82, 2.24) is 9.47 Å². The molecule has 0 bridgehead atoms. The summed E-state index contributed by atoms with van der Waals surface area (Å²) in [4.78, 5) is 27.0. The molecule has 1 aliphatic rings. The number of rotatable bonds is 4. The molecule has 27 heavy (non-hydrogen) atoms.